The van der Waals surface area contributed by atoms with Gasteiger partial charge in [-0.05, 0) is 54.4 Å². The molecule has 2 heteroatoms. The number of aliphatic hydroxyl groups is 2. The molecule has 1 aliphatic carbocycles. The van der Waals surface area contributed by atoms with Crippen LogP contribution in [0, 0.1) is 23.2 Å². The van der Waals surface area contributed by atoms with Crippen LogP contribution in [0.5, 0.6) is 0 Å². The first-order valence-corrected chi connectivity index (χ1v) is 9.24. The van der Waals surface area contributed by atoms with Gasteiger partial charge in [-0.15, -0.1) is 0 Å². The Bertz CT molecular complexity index is 335. The van der Waals surface area contributed by atoms with E-state index in [2.05, 4.69) is 34.3 Å². The molecule has 0 aromatic rings. The number of rotatable bonds is 9. The fourth-order valence-electron chi connectivity index (χ4n) is 4.29. The third kappa shape index (κ3) is 6.04. The van der Waals surface area contributed by atoms with Crippen LogP contribution < -0.4 is 0 Å². The summed E-state index contributed by atoms with van der Waals surface area (Å²) in [5.41, 5.74) is 1.29. The molecule has 130 valence electrons. The van der Waals surface area contributed by atoms with Gasteiger partial charge >= 0.3 is 0 Å². The Hall–Kier alpha value is -0.340. The minimum atomic E-state index is -0.737. The molecule has 22 heavy (non-hydrogen) atoms. The summed E-state index contributed by atoms with van der Waals surface area (Å²) in [4.78, 5) is 0. The molecule has 0 saturated heterocycles. The molecular formula is C20H38O2. The SMILES string of the molecule is C=C(CCCC(C)CC[C@H]1[C@@H](C)CCCC1(C)C)C(O)CO. The molecule has 0 aromatic carbocycles. The van der Waals surface area contributed by atoms with Crippen molar-refractivity contribution in [2.24, 2.45) is 23.2 Å². The molecule has 0 radical (unpaired) electrons. The average molecular weight is 311 g/mol. The van der Waals surface area contributed by atoms with Crippen molar-refractivity contribution in [3.05, 3.63) is 12.2 Å². The largest absolute Gasteiger partial charge is 0.393 e. The van der Waals surface area contributed by atoms with E-state index in [1.165, 1.54) is 38.5 Å². The van der Waals surface area contributed by atoms with Gasteiger partial charge in [-0.2, -0.15) is 0 Å². The quantitative estimate of drug-likeness (QED) is 0.592. The molecular weight excluding hydrogens is 272 g/mol. The molecule has 1 fully saturated rings. The zero-order valence-electron chi connectivity index (χ0n) is 15.3. The summed E-state index contributed by atoms with van der Waals surface area (Å²) < 4.78 is 0. The van der Waals surface area contributed by atoms with Crippen LogP contribution in [0.3, 0.4) is 0 Å². The van der Waals surface area contributed by atoms with E-state index in [1.54, 1.807) is 0 Å². The standard InChI is InChI=1S/C20H38O2/c1-15(8-6-9-17(3)19(22)14-21)11-12-18-16(2)10-7-13-20(18,4)5/h15-16,18-19,21-22H,3,6-14H2,1-2,4-5H3/t15?,16-,18-,19?/m0/s1. The lowest BCUT2D eigenvalue weighted by Crippen LogP contribution is -2.33. The summed E-state index contributed by atoms with van der Waals surface area (Å²) in [5, 5.41) is 18.4. The second kappa shape index (κ2) is 9.08. The smallest absolute Gasteiger partial charge is 0.0978 e. The van der Waals surface area contributed by atoms with Gasteiger partial charge in [-0.3, -0.25) is 0 Å². The summed E-state index contributed by atoms with van der Waals surface area (Å²) in [5.74, 6) is 2.48. The molecule has 1 rings (SSSR count). The first kappa shape index (κ1) is 19.7. The average Bonchev–Trinajstić information content (AvgIpc) is 2.45. The minimum Gasteiger partial charge on any atom is -0.393 e. The number of aliphatic hydroxyl groups excluding tert-OH is 2. The first-order valence-electron chi connectivity index (χ1n) is 9.24. The van der Waals surface area contributed by atoms with Crippen LogP contribution in [0.15, 0.2) is 12.2 Å². The normalized spacial score (nSPS) is 27.4. The third-order valence-electron chi connectivity index (χ3n) is 5.98. The van der Waals surface area contributed by atoms with Crippen molar-refractivity contribution in [2.75, 3.05) is 6.61 Å². The molecule has 0 spiro atoms. The molecule has 0 amide bonds. The zero-order valence-corrected chi connectivity index (χ0v) is 15.3. The predicted octanol–water partition coefficient (Wildman–Crippen LogP) is 4.94. The molecule has 2 unspecified atom stereocenters. The van der Waals surface area contributed by atoms with Crippen LogP contribution in [0.25, 0.3) is 0 Å². The molecule has 2 N–H and O–H groups in total. The Balaban J connectivity index is 2.27. The maximum Gasteiger partial charge on any atom is 0.0978 e. The molecule has 1 saturated carbocycles. The van der Waals surface area contributed by atoms with Crippen LogP contribution in [0.1, 0.15) is 79.1 Å². The van der Waals surface area contributed by atoms with E-state index in [1.807, 2.05) is 0 Å². The molecule has 1 aliphatic rings. The lowest BCUT2D eigenvalue weighted by Gasteiger charge is -2.43. The first-order chi connectivity index (χ1) is 10.3. The maximum atomic E-state index is 9.50. The molecule has 4 atom stereocenters. The molecule has 0 aromatic heterocycles. The maximum absolute atomic E-state index is 9.50. The highest BCUT2D eigenvalue weighted by Crippen LogP contribution is 2.46. The highest BCUT2D eigenvalue weighted by molar-refractivity contribution is 5.01. The van der Waals surface area contributed by atoms with Gasteiger partial charge in [-0.25, -0.2) is 0 Å². The van der Waals surface area contributed by atoms with Gasteiger partial charge in [0.2, 0.25) is 0 Å². The Labute approximate surface area is 138 Å². The van der Waals surface area contributed by atoms with E-state index in [-0.39, 0.29) is 6.61 Å². The lowest BCUT2D eigenvalue weighted by molar-refractivity contribution is 0.0706. The molecule has 0 aliphatic heterocycles. The highest BCUT2D eigenvalue weighted by atomic mass is 16.3. The third-order valence-corrected chi connectivity index (χ3v) is 5.98. The van der Waals surface area contributed by atoms with Crippen molar-refractivity contribution in [3.8, 4) is 0 Å². The van der Waals surface area contributed by atoms with E-state index in [0.29, 0.717) is 5.41 Å². The second-order valence-electron chi connectivity index (χ2n) is 8.40. The fourth-order valence-corrected chi connectivity index (χ4v) is 4.29. The van der Waals surface area contributed by atoms with E-state index < -0.39 is 6.10 Å². The van der Waals surface area contributed by atoms with Gasteiger partial charge < -0.3 is 10.2 Å². The summed E-state index contributed by atoms with van der Waals surface area (Å²) in [7, 11) is 0. The second-order valence-corrected chi connectivity index (χ2v) is 8.40. The van der Waals surface area contributed by atoms with Gasteiger partial charge in [0.1, 0.15) is 0 Å². The topological polar surface area (TPSA) is 40.5 Å². The molecule has 2 nitrogen and oxygen atoms in total. The van der Waals surface area contributed by atoms with Crippen molar-refractivity contribution in [2.45, 2.75) is 85.2 Å². The van der Waals surface area contributed by atoms with E-state index in [9.17, 15) is 5.11 Å². The van der Waals surface area contributed by atoms with Crippen molar-refractivity contribution in [3.63, 3.8) is 0 Å². The Morgan fingerprint density at radius 1 is 1.32 bits per heavy atom. The summed E-state index contributed by atoms with van der Waals surface area (Å²) in [6.45, 7) is 13.4. The Morgan fingerprint density at radius 2 is 2.00 bits per heavy atom. The van der Waals surface area contributed by atoms with E-state index in [0.717, 1.165) is 36.2 Å². The van der Waals surface area contributed by atoms with Gasteiger partial charge in [0.25, 0.3) is 0 Å². The van der Waals surface area contributed by atoms with Crippen LogP contribution in [0.2, 0.25) is 0 Å². The summed E-state index contributed by atoms with van der Waals surface area (Å²) in [6, 6.07) is 0. The Kier molecular flexibility index (Phi) is 8.13. The summed E-state index contributed by atoms with van der Waals surface area (Å²) >= 11 is 0. The Morgan fingerprint density at radius 3 is 2.59 bits per heavy atom. The minimum absolute atomic E-state index is 0.205. The zero-order chi connectivity index (χ0) is 16.8. The fraction of sp³-hybridized carbons (Fsp3) is 0.900. The van der Waals surface area contributed by atoms with Crippen LogP contribution in [-0.2, 0) is 0 Å². The predicted molar refractivity (Wildman–Crippen MR) is 94.8 cm³/mol. The molecule has 0 heterocycles. The van der Waals surface area contributed by atoms with Crippen LogP contribution in [0.4, 0.5) is 0 Å². The lowest BCUT2D eigenvalue weighted by atomic mass is 9.62. The van der Waals surface area contributed by atoms with Crippen molar-refractivity contribution >= 4 is 0 Å². The van der Waals surface area contributed by atoms with Crippen LogP contribution in [-0.4, -0.2) is 22.9 Å². The van der Waals surface area contributed by atoms with Crippen LogP contribution >= 0.6 is 0 Å². The van der Waals surface area contributed by atoms with Crippen molar-refractivity contribution in [1.82, 2.24) is 0 Å². The molecule has 0 bridgehead atoms. The summed E-state index contributed by atoms with van der Waals surface area (Å²) in [6.07, 6.45) is 9.21. The van der Waals surface area contributed by atoms with Gasteiger partial charge in [0.05, 0.1) is 12.7 Å². The van der Waals surface area contributed by atoms with Crippen molar-refractivity contribution < 1.29 is 10.2 Å². The number of hydrogen-bond acceptors (Lipinski definition) is 2. The van der Waals surface area contributed by atoms with Gasteiger partial charge in [0.15, 0.2) is 0 Å². The van der Waals surface area contributed by atoms with Gasteiger partial charge in [-0.1, -0.05) is 60.0 Å². The number of hydrogen-bond donors (Lipinski definition) is 2. The van der Waals surface area contributed by atoms with Gasteiger partial charge in [0, 0.05) is 0 Å². The van der Waals surface area contributed by atoms with E-state index >= 15 is 0 Å². The van der Waals surface area contributed by atoms with E-state index in [4.69, 9.17) is 5.11 Å². The highest BCUT2D eigenvalue weighted by Gasteiger charge is 2.36. The van der Waals surface area contributed by atoms with Crippen molar-refractivity contribution in [1.29, 1.82) is 0 Å². The monoisotopic (exact) mass is 310 g/mol.